The van der Waals surface area contributed by atoms with Gasteiger partial charge >= 0.3 is 0 Å². The molecule has 1 aliphatic carbocycles. The van der Waals surface area contributed by atoms with Crippen molar-refractivity contribution < 1.29 is 8.42 Å². The Hall–Kier alpha value is -1.83. The van der Waals surface area contributed by atoms with Crippen molar-refractivity contribution in [3.8, 4) is 6.07 Å². The zero-order valence-corrected chi connectivity index (χ0v) is 12.6. The minimum Gasteiger partial charge on any atom is -0.223 e. The van der Waals surface area contributed by atoms with Crippen LogP contribution in [0.5, 0.6) is 0 Å². The first-order valence-corrected chi connectivity index (χ1v) is 8.42. The third kappa shape index (κ3) is 2.44. The van der Waals surface area contributed by atoms with E-state index < -0.39 is 21.0 Å². The van der Waals surface area contributed by atoms with E-state index in [0.717, 1.165) is 5.56 Å². The van der Waals surface area contributed by atoms with Crippen LogP contribution in [0.1, 0.15) is 11.5 Å². The van der Waals surface area contributed by atoms with Gasteiger partial charge in [0.1, 0.15) is 0 Å². The summed E-state index contributed by atoms with van der Waals surface area (Å²) in [5.74, 6) is -0.783. The Labute approximate surface area is 128 Å². The van der Waals surface area contributed by atoms with Crippen molar-refractivity contribution in [2.45, 2.75) is 16.1 Å². The second kappa shape index (κ2) is 5.18. The second-order valence-corrected chi connectivity index (χ2v) is 7.60. The van der Waals surface area contributed by atoms with Crippen LogP contribution in [-0.4, -0.2) is 13.7 Å². The molecule has 106 valence electrons. The molecule has 0 spiro atoms. The quantitative estimate of drug-likeness (QED) is 0.871. The van der Waals surface area contributed by atoms with Crippen LogP contribution in [0.25, 0.3) is 0 Å². The minimum absolute atomic E-state index is 0.270. The van der Waals surface area contributed by atoms with Crippen molar-refractivity contribution in [2.75, 3.05) is 0 Å². The molecule has 3 nitrogen and oxygen atoms in total. The number of sulfone groups is 1. The van der Waals surface area contributed by atoms with Crippen LogP contribution < -0.4 is 0 Å². The van der Waals surface area contributed by atoms with E-state index in [1.54, 1.807) is 54.6 Å². The normalized spacial score (nSPS) is 24.3. The number of nitrogens with zero attached hydrogens (tertiary/aromatic N) is 1. The minimum atomic E-state index is -3.49. The van der Waals surface area contributed by atoms with Crippen LogP contribution in [0.4, 0.5) is 0 Å². The predicted molar refractivity (Wildman–Crippen MR) is 80.7 cm³/mol. The van der Waals surface area contributed by atoms with Gasteiger partial charge in [0.2, 0.25) is 0 Å². The van der Waals surface area contributed by atoms with Crippen LogP contribution in [-0.2, 0) is 9.84 Å². The topological polar surface area (TPSA) is 57.9 Å². The third-order valence-corrected chi connectivity index (χ3v) is 6.27. The summed E-state index contributed by atoms with van der Waals surface area (Å²) in [5, 5.41) is 9.15. The van der Waals surface area contributed by atoms with Crippen molar-refractivity contribution >= 4 is 21.4 Å². The van der Waals surface area contributed by atoms with E-state index in [4.69, 9.17) is 11.6 Å². The standard InChI is InChI=1S/C16H12ClNO2S/c17-12-8-6-11(7-9-12)15-14(10-18)16(15)21(19,20)13-4-2-1-3-5-13/h1-9,14-16H/t14-,15-,16-/m1/s1. The van der Waals surface area contributed by atoms with Gasteiger partial charge in [-0.05, 0) is 29.8 Å². The average Bonchev–Trinajstić information content (AvgIpc) is 3.24. The summed E-state index contributed by atoms with van der Waals surface area (Å²) in [6.07, 6.45) is 0. The molecule has 0 aromatic heterocycles. The van der Waals surface area contributed by atoms with Crippen LogP contribution >= 0.6 is 11.6 Å². The highest BCUT2D eigenvalue weighted by molar-refractivity contribution is 7.92. The third-order valence-electron chi connectivity index (χ3n) is 3.79. The van der Waals surface area contributed by atoms with Gasteiger partial charge in [-0.15, -0.1) is 0 Å². The Morgan fingerprint density at radius 2 is 1.62 bits per heavy atom. The van der Waals surface area contributed by atoms with Crippen molar-refractivity contribution in [2.24, 2.45) is 5.92 Å². The summed E-state index contributed by atoms with van der Waals surface area (Å²) in [5.41, 5.74) is 0.843. The summed E-state index contributed by atoms with van der Waals surface area (Å²) >= 11 is 5.85. The van der Waals surface area contributed by atoms with E-state index in [1.807, 2.05) is 0 Å². The SMILES string of the molecule is N#C[C@@H]1[C@@H](c2ccc(Cl)cc2)[C@@H]1S(=O)(=O)c1ccccc1. The van der Waals surface area contributed by atoms with E-state index >= 15 is 0 Å². The number of hydrogen-bond donors (Lipinski definition) is 0. The molecule has 1 fully saturated rings. The molecule has 2 aromatic rings. The smallest absolute Gasteiger partial charge is 0.183 e. The lowest BCUT2D eigenvalue weighted by Gasteiger charge is -2.03. The van der Waals surface area contributed by atoms with Crippen LogP contribution in [0.15, 0.2) is 59.5 Å². The Morgan fingerprint density at radius 3 is 2.19 bits per heavy atom. The fourth-order valence-electron chi connectivity index (χ4n) is 2.67. The first-order valence-electron chi connectivity index (χ1n) is 6.50. The molecule has 21 heavy (non-hydrogen) atoms. The first-order chi connectivity index (χ1) is 10.1. The average molecular weight is 318 g/mol. The molecule has 1 aliphatic rings. The van der Waals surface area contributed by atoms with Gasteiger partial charge in [0.15, 0.2) is 9.84 Å². The summed E-state index contributed by atoms with van der Waals surface area (Å²) < 4.78 is 25.3. The second-order valence-electron chi connectivity index (χ2n) is 5.05. The van der Waals surface area contributed by atoms with Gasteiger partial charge in [0.05, 0.1) is 22.1 Å². The number of nitriles is 1. The van der Waals surface area contributed by atoms with E-state index in [-0.39, 0.29) is 10.8 Å². The van der Waals surface area contributed by atoms with Crippen LogP contribution in [0.2, 0.25) is 5.02 Å². The molecule has 0 bridgehead atoms. The molecule has 3 rings (SSSR count). The Morgan fingerprint density at radius 1 is 1.00 bits per heavy atom. The Balaban J connectivity index is 1.96. The Kier molecular flexibility index (Phi) is 3.48. The highest BCUT2D eigenvalue weighted by Crippen LogP contribution is 2.53. The lowest BCUT2D eigenvalue weighted by Crippen LogP contribution is -2.10. The summed E-state index contributed by atoms with van der Waals surface area (Å²) in [6, 6.07) is 17.4. The largest absolute Gasteiger partial charge is 0.223 e. The monoisotopic (exact) mass is 317 g/mol. The fourth-order valence-corrected chi connectivity index (χ4v) is 4.89. The van der Waals surface area contributed by atoms with E-state index in [1.165, 1.54) is 0 Å². The molecule has 0 radical (unpaired) electrons. The van der Waals surface area contributed by atoms with Crippen molar-refractivity contribution in [3.63, 3.8) is 0 Å². The lowest BCUT2D eigenvalue weighted by molar-refractivity contribution is 0.593. The molecule has 0 amide bonds. The number of hydrogen-bond acceptors (Lipinski definition) is 3. The molecule has 0 aliphatic heterocycles. The molecule has 2 aromatic carbocycles. The summed E-state index contributed by atoms with van der Waals surface area (Å²) in [6.45, 7) is 0. The Bertz CT molecular complexity index is 794. The highest BCUT2D eigenvalue weighted by Gasteiger charge is 2.59. The summed E-state index contributed by atoms with van der Waals surface area (Å²) in [7, 11) is -3.49. The lowest BCUT2D eigenvalue weighted by atomic mass is 10.1. The van der Waals surface area contributed by atoms with Gasteiger partial charge in [-0.25, -0.2) is 8.42 Å². The van der Waals surface area contributed by atoms with E-state index in [9.17, 15) is 13.7 Å². The van der Waals surface area contributed by atoms with Gasteiger partial charge < -0.3 is 0 Å². The molecular weight excluding hydrogens is 306 g/mol. The number of benzene rings is 2. The first kappa shape index (κ1) is 14.1. The van der Waals surface area contributed by atoms with Crippen LogP contribution in [0, 0.1) is 17.2 Å². The van der Waals surface area contributed by atoms with Crippen molar-refractivity contribution in [1.29, 1.82) is 5.26 Å². The van der Waals surface area contributed by atoms with E-state index in [2.05, 4.69) is 6.07 Å². The van der Waals surface area contributed by atoms with Gasteiger partial charge in [-0.3, -0.25) is 0 Å². The zero-order chi connectivity index (χ0) is 15.0. The van der Waals surface area contributed by atoms with E-state index in [0.29, 0.717) is 5.02 Å². The maximum absolute atomic E-state index is 12.6. The molecule has 0 heterocycles. The molecule has 5 heteroatoms. The van der Waals surface area contributed by atoms with Crippen LogP contribution in [0.3, 0.4) is 0 Å². The van der Waals surface area contributed by atoms with Crippen molar-refractivity contribution in [3.05, 3.63) is 65.2 Å². The van der Waals surface area contributed by atoms with Crippen molar-refractivity contribution in [1.82, 2.24) is 0 Å². The molecule has 0 saturated heterocycles. The summed E-state index contributed by atoms with van der Waals surface area (Å²) in [4.78, 5) is 0.270. The fraction of sp³-hybridized carbons (Fsp3) is 0.188. The molecule has 0 unspecified atom stereocenters. The molecule has 1 saturated carbocycles. The molecular formula is C16H12ClNO2S. The zero-order valence-electron chi connectivity index (χ0n) is 11.0. The maximum atomic E-state index is 12.6. The number of halogens is 1. The predicted octanol–water partition coefficient (Wildman–Crippen LogP) is 3.42. The van der Waals surface area contributed by atoms with Gasteiger partial charge in [-0.1, -0.05) is 41.9 Å². The molecule has 0 N–H and O–H groups in total. The van der Waals surface area contributed by atoms with Gasteiger partial charge in [-0.2, -0.15) is 5.26 Å². The molecule has 3 atom stereocenters. The van der Waals surface area contributed by atoms with Gasteiger partial charge in [0, 0.05) is 10.9 Å². The van der Waals surface area contributed by atoms with Gasteiger partial charge in [0.25, 0.3) is 0 Å². The highest BCUT2D eigenvalue weighted by atomic mass is 35.5. The number of rotatable bonds is 3. The maximum Gasteiger partial charge on any atom is 0.183 e.